The molecule has 0 amide bonds. The van der Waals surface area contributed by atoms with Crippen molar-refractivity contribution in [2.24, 2.45) is 0 Å². The van der Waals surface area contributed by atoms with Gasteiger partial charge in [-0.05, 0) is 67.4 Å². The first kappa shape index (κ1) is 21.7. The molecule has 0 unspecified atom stereocenters. The van der Waals surface area contributed by atoms with E-state index >= 15 is 0 Å². The highest BCUT2D eigenvalue weighted by molar-refractivity contribution is 6.30. The van der Waals surface area contributed by atoms with Gasteiger partial charge in [0, 0.05) is 39.3 Å². The van der Waals surface area contributed by atoms with Crippen LogP contribution >= 0.6 is 11.6 Å². The number of rotatable bonds is 5. The summed E-state index contributed by atoms with van der Waals surface area (Å²) in [7, 11) is 0. The van der Waals surface area contributed by atoms with E-state index in [0.29, 0.717) is 18.2 Å². The predicted molar refractivity (Wildman–Crippen MR) is 130 cm³/mol. The molecule has 0 N–H and O–H groups in total. The van der Waals surface area contributed by atoms with Gasteiger partial charge in [-0.3, -0.25) is 4.79 Å². The predicted octanol–water partition coefficient (Wildman–Crippen LogP) is 6.16. The highest BCUT2D eigenvalue weighted by Gasteiger charge is 2.18. The van der Waals surface area contributed by atoms with Crippen LogP contribution in [0.15, 0.2) is 72.8 Å². The molecule has 0 fully saturated rings. The molecule has 0 radical (unpaired) electrons. The van der Waals surface area contributed by atoms with Crippen LogP contribution in [0.5, 0.6) is 0 Å². The summed E-state index contributed by atoms with van der Waals surface area (Å²) in [5, 5.41) is 1.75. The largest absolute Gasteiger partial charge is 0.466 e. The summed E-state index contributed by atoms with van der Waals surface area (Å²) >= 11 is 6.05. The quantitative estimate of drug-likeness (QED) is 0.274. The highest BCUT2D eigenvalue weighted by Crippen LogP contribution is 2.29. The first-order chi connectivity index (χ1) is 15.5. The molecular weight excluding hydrogens is 418 g/mol. The number of nitrogens with zero attached hydrogens (tertiary/aromatic N) is 1. The molecule has 32 heavy (non-hydrogen) atoms. The smallest absolute Gasteiger partial charge is 0.310 e. The Hall–Kier alpha value is -3.48. The Morgan fingerprint density at radius 3 is 2.41 bits per heavy atom. The second-order valence-electron chi connectivity index (χ2n) is 7.61. The van der Waals surface area contributed by atoms with Gasteiger partial charge in [0.1, 0.15) is 0 Å². The normalized spacial score (nSPS) is 10.6. The van der Waals surface area contributed by atoms with Crippen LogP contribution in [0, 0.1) is 18.8 Å². The van der Waals surface area contributed by atoms with E-state index in [2.05, 4.69) is 35.5 Å². The summed E-state index contributed by atoms with van der Waals surface area (Å²) in [4.78, 5) is 12.3. The second-order valence-corrected chi connectivity index (χ2v) is 8.04. The van der Waals surface area contributed by atoms with Gasteiger partial charge in [0.2, 0.25) is 0 Å². The van der Waals surface area contributed by atoms with Gasteiger partial charge in [0.05, 0.1) is 13.0 Å². The van der Waals surface area contributed by atoms with Gasteiger partial charge >= 0.3 is 5.97 Å². The van der Waals surface area contributed by atoms with Gasteiger partial charge in [-0.2, -0.15) is 0 Å². The van der Waals surface area contributed by atoms with Crippen LogP contribution in [0.2, 0.25) is 5.02 Å². The molecule has 160 valence electrons. The lowest BCUT2D eigenvalue weighted by atomic mass is 10.1. The van der Waals surface area contributed by atoms with Crippen LogP contribution in [-0.2, 0) is 22.5 Å². The van der Waals surface area contributed by atoms with Crippen molar-refractivity contribution < 1.29 is 9.53 Å². The first-order valence-electron chi connectivity index (χ1n) is 10.6. The molecule has 0 aliphatic rings. The molecule has 1 aromatic heterocycles. The molecule has 0 aliphatic heterocycles. The zero-order valence-corrected chi connectivity index (χ0v) is 18.9. The van der Waals surface area contributed by atoms with Gasteiger partial charge in [-0.15, -0.1) is 0 Å². The summed E-state index contributed by atoms with van der Waals surface area (Å²) in [5.74, 6) is 6.24. The molecule has 4 aromatic rings. The van der Waals surface area contributed by atoms with Crippen molar-refractivity contribution in [2.45, 2.75) is 26.8 Å². The zero-order valence-electron chi connectivity index (χ0n) is 18.2. The van der Waals surface area contributed by atoms with Crippen molar-refractivity contribution in [3.05, 3.63) is 106 Å². The summed E-state index contributed by atoms with van der Waals surface area (Å²) in [6.45, 7) is 4.94. The number of carbonyl (C=O) groups excluding carboxylic acids is 1. The van der Waals surface area contributed by atoms with Gasteiger partial charge in [0.25, 0.3) is 0 Å². The number of esters is 1. The van der Waals surface area contributed by atoms with Crippen LogP contribution in [0.4, 0.5) is 0 Å². The summed E-state index contributed by atoms with van der Waals surface area (Å²) in [5.41, 5.74) is 6.13. The van der Waals surface area contributed by atoms with Crippen LogP contribution in [0.25, 0.3) is 10.9 Å². The highest BCUT2D eigenvalue weighted by atomic mass is 35.5. The number of ether oxygens (including phenoxy) is 1. The third-order valence-corrected chi connectivity index (χ3v) is 5.71. The maximum Gasteiger partial charge on any atom is 0.310 e. The van der Waals surface area contributed by atoms with E-state index < -0.39 is 0 Å². The number of hydrogen-bond donors (Lipinski definition) is 0. The number of aromatic nitrogens is 1. The Bertz CT molecular complexity index is 1310. The zero-order chi connectivity index (χ0) is 22.5. The Morgan fingerprint density at radius 1 is 0.969 bits per heavy atom. The van der Waals surface area contributed by atoms with Crippen molar-refractivity contribution in [2.75, 3.05) is 6.61 Å². The fourth-order valence-electron chi connectivity index (χ4n) is 3.85. The lowest BCUT2D eigenvalue weighted by molar-refractivity contribution is -0.142. The van der Waals surface area contributed by atoms with E-state index in [1.165, 1.54) is 0 Å². The van der Waals surface area contributed by atoms with E-state index in [1.54, 1.807) is 0 Å². The van der Waals surface area contributed by atoms with E-state index in [4.69, 9.17) is 16.3 Å². The van der Waals surface area contributed by atoms with E-state index in [1.807, 2.05) is 67.6 Å². The number of fused-ring (bicyclic) bond motifs is 1. The first-order valence-corrected chi connectivity index (χ1v) is 11.0. The van der Waals surface area contributed by atoms with Crippen molar-refractivity contribution in [3.63, 3.8) is 0 Å². The van der Waals surface area contributed by atoms with Crippen LogP contribution in [0.1, 0.15) is 34.9 Å². The lowest BCUT2D eigenvalue weighted by Crippen LogP contribution is -2.09. The molecule has 1 heterocycles. The van der Waals surface area contributed by atoms with Gasteiger partial charge in [-0.1, -0.05) is 53.8 Å². The maximum absolute atomic E-state index is 12.3. The van der Waals surface area contributed by atoms with Crippen molar-refractivity contribution in [1.82, 2.24) is 4.57 Å². The third-order valence-electron chi connectivity index (χ3n) is 5.46. The summed E-state index contributed by atoms with van der Waals surface area (Å²) in [6.07, 6.45) is 0.235. The van der Waals surface area contributed by atoms with Crippen molar-refractivity contribution in [3.8, 4) is 11.8 Å². The fraction of sp³-hybridized carbons (Fsp3) is 0.179. The van der Waals surface area contributed by atoms with E-state index in [9.17, 15) is 4.79 Å². The Kier molecular flexibility index (Phi) is 6.63. The fourth-order valence-corrected chi connectivity index (χ4v) is 3.98. The average molecular weight is 442 g/mol. The van der Waals surface area contributed by atoms with Crippen LogP contribution in [0.3, 0.4) is 0 Å². The van der Waals surface area contributed by atoms with Gasteiger partial charge in [-0.25, -0.2) is 0 Å². The summed E-state index contributed by atoms with van der Waals surface area (Å²) < 4.78 is 7.47. The van der Waals surface area contributed by atoms with Crippen molar-refractivity contribution >= 4 is 28.5 Å². The molecule has 3 aromatic carbocycles. The Balaban J connectivity index is 1.78. The Morgan fingerprint density at radius 2 is 1.69 bits per heavy atom. The van der Waals surface area contributed by atoms with Gasteiger partial charge in [0.15, 0.2) is 0 Å². The maximum atomic E-state index is 12.3. The SMILES string of the molecule is CCOC(=O)Cc1c(C)n(Cc2ccc(Cl)cc2)c2ccc(C#Cc3ccccc3)cc12. The number of carbonyl (C=O) groups is 1. The molecule has 4 heteroatoms. The molecule has 0 saturated carbocycles. The molecule has 0 aliphatic carbocycles. The second kappa shape index (κ2) is 9.77. The minimum atomic E-state index is -0.220. The van der Waals surface area contributed by atoms with E-state index in [-0.39, 0.29) is 12.4 Å². The topological polar surface area (TPSA) is 31.2 Å². The Labute approximate surface area is 193 Å². The number of hydrogen-bond acceptors (Lipinski definition) is 2. The molecule has 0 saturated heterocycles. The molecule has 4 rings (SSSR count). The minimum Gasteiger partial charge on any atom is -0.466 e. The average Bonchev–Trinajstić information content (AvgIpc) is 3.05. The van der Waals surface area contributed by atoms with Crippen LogP contribution < -0.4 is 0 Å². The van der Waals surface area contributed by atoms with Crippen molar-refractivity contribution in [1.29, 1.82) is 0 Å². The molecule has 3 nitrogen and oxygen atoms in total. The van der Waals surface area contributed by atoms with Gasteiger partial charge < -0.3 is 9.30 Å². The lowest BCUT2D eigenvalue weighted by Gasteiger charge is -2.09. The summed E-state index contributed by atoms with van der Waals surface area (Å²) in [6, 6.07) is 24.0. The number of benzene rings is 3. The van der Waals surface area contributed by atoms with Crippen LogP contribution in [-0.4, -0.2) is 17.1 Å². The third kappa shape index (κ3) is 4.88. The molecular formula is C28H24ClNO2. The number of halogens is 1. The molecule has 0 bridgehead atoms. The molecule has 0 spiro atoms. The molecule has 0 atom stereocenters. The monoisotopic (exact) mass is 441 g/mol. The van der Waals surface area contributed by atoms with E-state index in [0.717, 1.165) is 38.9 Å². The standard InChI is InChI=1S/C28H24ClNO2/c1-3-32-28(31)18-25-20(2)30(19-23-11-14-24(29)15-12-23)27-16-13-22(17-26(25)27)10-9-21-7-5-4-6-8-21/h4-8,11-17H,3,18-19H2,1-2H3. The minimum absolute atomic E-state index is 0.220.